The molecule has 0 saturated heterocycles. The van der Waals surface area contributed by atoms with Crippen LogP contribution in [-0.4, -0.2) is 5.78 Å². The van der Waals surface area contributed by atoms with Crippen LogP contribution in [0.25, 0.3) is 0 Å². The molecule has 0 aromatic heterocycles. The molecule has 0 spiro atoms. The largest absolute Gasteiger partial charge is 0.300 e. The Morgan fingerprint density at radius 3 is 2.86 bits per heavy atom. The Balaban J connectivity index is 1.77. The van der Waals surface area contributed by atoms with E-state index < -0.39 is 0 Å². The van der Waals surface area contributed by atoms with Crippen molar-refractivity contribution in [3.05, 3.63) is 23.8 Å². The molecule has 0 heterocycles. The third kappa shape index (κ3) is 1.26. The number of ketones is 1. The first-order chi connectivity index (χ1) is 6.83. The quantitative estimate of drug-likeness (QED) is 0.578. The molecule has 0 aromatic carbocycles. The molecule has 0 aliphatic heterocycles. The predicted octanol–water partition coefficient (Wildman–Crippen LogP) is 2.88. The summed E-state index contributed by atoms with van der Waals surface area (Å²) >= 11 is 0. The van der Waals surface area contributed by atoms with Crippen LogP contribution in [0.5, 0.6) is 0 Å². The molecule has 0 N–H and O–H groups in total. The zero-order valence-electron chi connectivity index (χ0n) is 8.41. The Morgan fingerprint density at radius 2 is 2.21 bits per heavy atom. The van der Waals surface area contributed by atoms with Gasteiger partial charge in [-0.25, -0.2) is 0 Å². The van der Waals surface area contributed by atoms with E-state index >= 15 is 0 Å². The van der Waals surface area contributed by atoms with Crippen LogP contribution in [-0.2, 0) is 4.79 Å². The number of carbonyl (C=O) groups is 1. The van der Waals surface area contributed by atoms with Gasteiger partial charge < -0.3 is 0 Å². The van der Waals surface area contributed by atoms with Crippen LogP contribution in [0, 0.1) is 17.8 Å². The molecular weight excluding hydrogens is 172 g/mol. The number of carbonyl (C=O) groups excluding carboxylic acids is 1. The van der Waals surface area contributed by atoms with Gasteiger partial charge in [0.05, 0.1) is 0 Å². The maximum absolute atomic E-state index is 11.4. The molecule has 1 heteroatoms. The number of Topliss-reactive ketones (excluding diaryl/α,β-unsaturated/α-hetero) is 1. The molecule has 74 valence electrons. The maximum atomic E-state index is 11.4. The summed E-state index contributed by atoms with van der Waals surface area (Å²) in [5.74, 6) is 2.47. The molecule has 3 atom stereocenters. The van der Waals surface area contributed by atoms with E-state index in [1.807, 2.05) is 0 Å². The summed E-state index contributed by atoms with van der Waals surface area (Å²) in [6, 6.07) is 0. The van der Waals surface area contributed by atoms with Crippen LogP contribution in [0.4, 0.5) is 0 Å². The molecule has 0 radical (unpaired) electrons. The van der Waals surface area contributed by atoms with Crippen molar-refractivity contribution in [2.75, 3.05) is 0 Å². The molecular formula is C13H16O. The van der Waals surface area contributed by atoms with E-state index in [1.54, 1.807) is 5.57 Å². The van der Waals surface area contributed by atoms with Crippen molar-refractivity contribution < 1.29 is 4.79 Å². The first-order valence-corrected chi connectivity index (χ1v) is 5.74. The number of hydrogen-bond donors (Lipinski definition) is 0. The molecule has 0 amide bonds. The second-order valence-corrected chi connectivity index (χ2v) is 4.89. The molecule has 3 aliphatic carbocycles. The van der Waals surface area contributed by atoms with Crippen molar-refractivity contribution >= 4 is 5.78 Å². The molecule has 1 fully saturated rings. The lowest BCUT2D eigenvalue weighted by Gasteiger charge is -2.25. The van der Waals surface area contributed by atoms with E-state index in [9.17, 15) is 4.79 Å². The van der Waals surface area contributed by atoms with E-state index in [0.29, 0.717) is 23.5 Å². The summed E-state index contributed by atoms with van der Waals surface area (Å²) in [6.07, 6.45) is 12.4. The maximum Gasteiger partial charge on any atom is 0.133 e. The van der Waals surface area contributed by atoms with Crippen molar-refractivity contribution in [2.45, 2.75) is 32.1 Å². The highest BCUT2D eigenvalue weighted by Gasteiger charge is 2.34. The smallest absolute Gasteiger partial charge is 0.133 e. The average molecular weight is 188 g/mol. The van der Waals surface area contributed by atoms with Crippen LogP contribution < -0.4 is 0 Å². The highest BCUT2D eigenvalue weighted by atomic mass is 16.1. The summed E-state index contributed by atoms with van der Waals surface area (Å²) < 4.78 is 0. The zero-order valence-corrected chi connectivity index (χ0v) is 8.41. The van der Waals surface area contributed by atoms with Gasteiger partial charge in [0.2, 0.25) is 0 Å². The predicted molar refractivity (Wildman–Crippen MR) is 55.8 cm³/mol. The number of fused-ring (bicyclic) bond motifs is 2. The Hall–Kier alpha value is -0.850. The van der Waals surface area contributed by atoms with Gasteiger partial charge in [-0.05, 0) is 37.0 Å². The lowest BCUT2D eigenvalue weighted by atomic mass is 9.79. The van der Waals surface area contributed by atoms with Crippen molar-refractivity contribution in [1.29, 1.82) is 0 Å². The van der Waals surface area contributed by atoms with Gasteiger partial charge in [-0.1, -0.05) is 23.8 Å². The highest BCUT2D eigenvalue weighted by molar-refractivity contribution is 5.79. The van der Waals surface area contributed by atoms with Gasteiger partial charge in [0.25, 0.3) is 0 Å². The molecule has 1 unspecified atom stereocenters. The van der Waals surface area contributed by atoms with E-state index in [4.69, 9.17) is 0 Å². The Kier molecular flexibility index (Phi) is 1.86. The van der Waals surface area contributed by atoms with Crippen molar-refractivity contribution in [3.63, 3.8) is 0 Å². The fourth-order valence-corrected chi connectivity index (χ4v) is 3.22. The molecule has 0 aromatic rings. The van der Waals surface area contributed by atoms with E-state index in [2.05, 4.69) is 18.2 Å². The minimum Gasteiger partial charge on any atom is -0.300 e. The lowest BCUT2D eigenvalue weighted by molar-refractivity contribution is -0.121. The van der Waals surface area contributed by atoms with Crippen LogP contribution >= 0.6 is 0 Å². The Bertz CT molecular complexity index is 324. The summed E-state index contributed by atoms with van der Waals surface area (Å²) in [6.45, 7) is 0. The summed E-state index contributed by atoms with van der Waals surface area (Å²) in [7, 11) is 0. The third-order valence-corrected chi connectivity index (χ3v) is 3.91. The fraction of sp³-hybridized carbons (Fsp3) is 0.615. The van der Waals surface area contributed by atoms with E-state index in [1.165, 1.54) is 12.8 Å². The van der Waals surface area contributed by atoms with Gasteiger partial charge in [0, 0.05) is 12.8 Å². The molecule has 1 nitrogen and oxygen atoms in total. The number of hydrogen-bond acceptors (Lipinski definition) is 1. The van der Waals surface area contributed by atoms with Gasteiger partial charge in [-0.15, -0.1) is 0 Å². The highest BCUT2D eigenvalue weighted by Crippen LogP contribution is 2.44. The molecule has 3 aliphatic rings. The van der Waals surface area contributed by atoms with Crippen LogP contribution in [0.1, 0.15) is 32.1 Å². The second-order valence-electron chi connectivity index (χ2n) is 4.89. The lowest BCUT2D eigenvalue weighted by Crippen LogP contribution is -2.18. The summed E-state index contributed by atoms with van der Waals surface area (Å²) in [5.41, 5.74) is 1.59. The van der Waals surface area contributed by atoms with E-state index in [0.717, 1.165) is 19.3 Å². The molecule has 3 rings (SSSR count). The monoisotopic (exact) mass is 188 g/mol. The van der Waals surface area contributed by atoms with Gasteiger partial charge in [-0.3, -0.25) is 4.79 Å². The topological polar surface area (TPSA) is 17.1 Å². The minimum absolute atomic E-state index is 0.480. The normalized spacial score (nSPS) is 40.4. The van der Waals surface area contributed by atoms with Crippen molar-refractivity contribution in [3.8, 4) is 0 Å². The Morgan fingerprint density at radius 1 is 1.29 bits per heavy atom. The van der Waals surface area contributed by atoms with E-state index in [-0.39, 0.29) is 0 Å². The van der Waals surface area contributed by atoms with Crippen LogP contribution in [0.2, 0.25) is 0 Å². The van der Waals surface area contributed by atoms with Crippen molar-refractivity contribution in [2.24, 2.45) is 17.8 Å². The first kappa shape index (κ1) is 8.46. The number of allylic oxidation sites excluding steroid dienone is 4. The zero-order chi connectivity index (χ0) is 9.54. The Labute approximate surface area is 84.9 Å². The standard InChI is InChI=1S/C13H16O/c14-12-3-1-2-10(8-12)13-7-9-4-5-11(13)6-9/h4-5,7,9-11H,1-3,6,8H2/t9-,10?,11+/m0/s1. The molecule has 1 saturated carbocycles. The van der Waals surface area contributed by atoms with Gasteiger partial charge in [0.15, 0.2) is 0 Å². The van der Waals surface area contributed by atoms with Crippen LogP contribution in [0.15, 0.2) is 23.8 Å². The van der Waals surface area contributed by atoms with Crippen LogP contribution in [0.3, 0.4) is 0 Å². The molecule has 2 bridgehead atoms. The van der Waals surface area contributed by atoms with Gasteiger partial charge in [-0.2, -0.15) is 0 Å². The van der Waals surface area contributed by atoms with Gasteiger partial charge >= 0.3 is 0 Å². The minimum atomic E-state index is 0.480. The third-order valence-electron chi connectivity index (χ3n) is 3.91. The SMILES string of the molecule is O=C1CCCC(C2=C[C@H]3C=C[C@@H]2C3)C1. The number of rotatable bonds is 1. The summed E-state index contributed by atoms with van der Waals surface area (Å²) in [5, 5.41) is 0. The first-order valence-electron chi connectivity index (χ1n) is 5.74. The summed E-state index contributed by atoms with van der Waals surface area (Å²) in [4.78, 5) is 11.4. The van der Waals surface area contributed by atoms with Gasteiger partial charge in [0.1, 0.15) is 5.78 Å². The fourth-order valence-electron chi connectivity index (χ4n) is 3.22. The van der Waals surface area contributed by atoms with Crippen molar-refractivity contribution in [1.82, 2.24) is 0 Å². The second kappa shape index (κ2) is 3.08. The average Bonchev–Trinajstić information content (AvgIpc) is 2.78. The molecule has 14 heavy (non-hydrogen) atoms.